The average molecular weight is 649 g/mol. The highest BCUT2D eigenvalue weighted by atomic mass is 16.8. The van der Waals surface area contributed by atoms with Gasteiger partial charge in [-0.3, -0.25) is 19.2 Å². The Kier molecular flexibility index (Phi) is 9.89. The summed E-state index contributed by atoms with van der Waals surface area (Å²) in [5.74, 6) is -2.75. The summed E-state index contributed by atoms with van der Waals surface area (Å²) >= 11 is 0. The molecule has 0 bridgehead atoms. The van der Waals surface area contributed by atoms with Gasteiger partial charge in [0.2, 0.25) is 12.0 Å². The Morgan fingerprint density at radius 2 is 1.49 bits per heavy atom. The van der Waals surface area contributed by atoms with E-state index in [1.54, 1.807) is 28.8 Å². The predicted molar refractivity (Wildman–Crippen MR) is 161 cm³/mol. The van der Waals surface area contributed by atoms with Gasteiger partial charge >= 0.3 is 17.9 Å². The Morgan fingerprint density at radius 1 is 0.851 bits per heavy atom. The molecule has 0 amide bonds. The van der Waals surface area contributed by atoms with Crippen molar-refractivity contribution < 1.29 is 48.1 Å². The summed E-state index contributed by atoms with van der Waals surface area (Å²) in [5, 5.41) is 28.5. The van der Waals surface area contributed by atoms with Gasteiger partial charge in [0.05, 0.1) is 23.9 Å². The summed E-state index contributed by atoms with van der Waals surface area (Å²) in [6.45, 7) is 4.73. The topological polar surface area (TPSA) is 195 Å². The standard InChI is InChI=1S/C31H32N6O10/c1-17(38)14-25-27(43-18(2)39)28(44-19(3)40)29(45-20(4)41)31(46-25)47-37-16-22(33-35-37)15-36-24-13-9-8-12-23(24)26(30(36)42)34-32-21-10-6-5-7-11-21/h5-13,16,25,27-29,31,42H,14-15H2,1-4H3/t25-,27-,28+,29-,31+/m1/s1. The molecule has 4 aromatic rings. The van der Waals surface area contributed by atoms with E-state index in [9.17, 15) is 24.3 Å². The number of carbonyl (C=O) groups excluding carboxylic acids is 4. The van der Waals surface area contributed by atoms with Crippen LogP contribution in [0.5, 0.6) is 5.88 Å². The fourth-order valence-electron chi connectivity index (χ4n) is 5.19. The lowest BCUT2D eigenvalue weighted by atomic mass is 9.95. The third kappa shape index (κ3) is 7.78. The number of azo groups is 1. The summed E-state index contributed by atoms with van der Waals surface area (Å²) in [7, 11) is 0. The summed E-state index contributed by atoms with van der Waals surface area (Å²) in [6.07, 6.45) is -5.59. The lowest BCUT2D eigenvalue weighted by Crippen LogP contribution is -2.63. The van der Waals surface area contributed by atoms with Crippen molar-refractivity contribution in [2.24, 2.45) is 10.2 Å². The minimum atomic E-state index is -1.49. The van der Waals surface area contributed by atoms with Gasteiger partial charge in [0.15, 0.2) is 17.9 Å². The van der Waals surface area contributed by atoms with E-state index in [2.05, 4.69) is 20.5 Å². The van der Waals surface area contributed by atoms with Gasteiger partial charge in [-0.2, -0.15) is 5.11 Å². The molecule has 0 saturated carbocycles. The fraction of sp³-hybridized carbons (Fsp3) is 0.355. The predicted octanol–water partition coefficient (Wildman–Crippen LogP) is 3.33. The second-order valence-electron chi connectivity index (χ2n) is 10.7. The minimum absolute atomic E-state index is 0.0347. The molecule has 246 valence electrons. The van der Waals surface area contributed by atoms with Gasteiger partial charge in [-0.15, -0.1) is 10.2 Å². The molecule has 47 heavy (non-hydrogen) atoms. The molecule has 0 spiro atoms. The first-order valence-electron chi connectivity index (χ1n) is 14.5. The number of benzene rings is 2. The van der Waals surface area contributed by atoms with Gasteiger partial charge in [0.1, 0.15) is 17.6 Å². The molecule has 1 N–H and O–H groups in total. The van der Waals surface area contributed by atoms with E-state index in [4.69, 9.17) is 23.8 Å². The lowest BCUT2D eigenvalue weighted by Gasteiger charge is -2.43. The SMILES string of the molecule is CC(=O)C[C@H]1O[C@@H](On2cc(Cn3c(O)c(N=Nc4ccccc4)c4ccccc43)nn2)[C@H](OC(C)=O)[C@@H](OC(C)=O)[C@@H]1OC(C)=O. The van der Waals surface area contributed by atoms with Crippen molar-refractivity contribution in [3.8, 4) is 5.88 Å². The first kappa shape index (κ1) is 32.7. The fourth-order valence-corrected chi connectivity index (χ4v) is 5.19. The highest BCUT2D eigenvalue weighted by molar-refractivity contribution is 5.95. The van der Waals surface area contributed by atoms with E-state index in [1.807, 2.05) is 30.3 Å². The van der Waals surface area contributed by atoms with Crippen LogP contribution in [0.1, 0.15) is 39.8 Å². The molecule has 16 nitrogen and oxygen atoms in total. The zero-order valence-corrected chi connectivity index (χ0v) is 25.9. The second kappa shape index (κ2) is 14.2. The molecule has 2 aromatic carbocycles. The quantitative estimate of drug-likeness (QED) is 0.142. The number of aromatic hydroxyl groups is 1. The van der Waals surface area contributed by atoms with Gasteiger partial charge in [0, 0.05) is 32.6 Å². The van der Waals surface area contributed by atoms with Crippen LogP contribution in [-0.4, -0.2) is 79.2 Å². The van der Waals surface area contributed by atoms with Crippen molar-refractivity contribution in [3.05, 3.63) is 66.5 Å². The number of esters is 3. The summed E-state index contributed by atoms with van der Waals surface area (Å²) < 4.78 is 23.8. The van der Waals surface area contributed by atoms with Crippen LogP contribution >= 0.6 is 0 Å². The zero-order chi connectivity index (χ0) is 33.7. The van der Waals surface area contributed by atoms with Crippen LogP contribution in [0.25, 0.3) is 10.9 Å². The normalized spacial score (nSPS) is 21.0. The molecule has 1 fully saturated rings. The van der Waals surface area contributed by atoms with E-state index in [0.717, 1.165) is 25.6 Å². The van der Waals surface area contributed by atoms with Crippen molar-refractivity contribution in [2.75, 3.05) is 0 Å². The largest absolute Gasteiger partial charge is 0.493 e. The Morgan fingerprint density at radius 3 is 2.17 bits per heavy atom. The zero-order valence-electron chi connectivity index (χ0n) is 25.9. The molecule has 1 aliphatic heterocycles. The maximum atomic E-state index is 12.1. The van der Waals surface area contributed by atoms with Gasteiger partial charge < -0.3 is 33.5 Å². The number of ether oxygens (including phenoxy) is 4. The van der Waals surface area contributed by atoms with Gasteiger partial charge in [-0.1, -0.05) is 41.2 Å². The summed E-state index contributed by atoms with van der Waals surface area (Å²) in [5.41, 5.74) is 1.87. The number of carbonyl (C=O) groups is 4. The van der Waals surface area contributed by atoms with E-state index in [0.29, 0.717) is 22.3 Å². The lowest BCUT2D eigenvalue weighted by molar-refractivity contribution is -0.305. The van der Waals surface area contributed by atoms with Crippen molar-refractivity contribution in [1.29, 1.82) is 0 Å². The molecule has 1 saturated heterocycles. The molecule has 1 aliphatic rings. The van der Waals surface area contributed by atoms with Crippen LogP contribution in [0.2, 0.25) is 0 Å². The number of hydrogen-bond donors (Lipinski definition) is 1. The Labute approximate surface area is 267 Å². The maximum absolute atomic E-state index is 12.1. The second-order valence-corrected chi connectivity index (χ2v) is 10.7. The van der Waals surface area contributed by atoms with E-state index in [-0.39, 0.29) is 30.3 Å². The summed E-state index contributed by atoms with van der Waals surface area (Å²) in [6, 6.07) is 16.3. The number of nitrogens with zero attached hydrogens (tertiary/aromatic N) is 6. The van der Waals surface area contributed by atoms with Gasteiger partial charge in [-0.25, -0.2) is 0 Å². The van der Waals surface area contributed by atoms with Crippen LogP contribution in [0, 0.1) is 0 Å². The monoisotopic (exact) mass is 648 g/mol. The maximum Gasteiger partial charge on any atom is 0.303 e. The first-order chi connectivity index (χ1) is 22.5. The van der Waals surface area contributed by atoms with Crippen molar-refractivity contribution in [2.45, 2.75) is 71.4 Å². The molecule has 5 atom stereocenters. The highest BCUT2D eigenvalue weighted by Gasteiger charge is 2.53. The Hall–Kier alpha value is -5.64. The number of rotatable bonds is 11. The van der Waals surface area contributed by atoms with E-state index in [1.165, 1.54) is 13.1 Å². The number of hydrogen-bond acceptors (Lipinski definition) is 14. The number of fused-ring (bicyclic) bond motifs is 1. The molecule has 3 heterocycles. The van der Waals surface area contributed by atoms with Crippen molar-refractivity contribution in [1.82, 2.24) is 19.7 Å². The Balaban J connectivity index is 1.43. The minimum Gasteiger partial charge on any atom is -0.493 e. The van der Waals surface area contributed by atoms with Crippen LogP contribution in [0.3, 0.4) is 0 Å². The molecular formula is C31H32N6O10. The van der Waals surface area contributed by atoms with Crippen molar-refractivity contribution >= 4 is 46.0 Å². The number of para-hydroxylation sites is 1. The molecule has 0 radical (unpaired) electrons. The average Bonchev–Trinajstić information content (AvgIpc) is 3.56. The summed E-state index contributed by atoms with van der Waals surface area (Å²) in [4.78, 5) is 55.0. The van der Waals surface area contributed by atoms with Crippen molar-refractivity contribution in [3.63, 3.8) is 0 Å². The first-order valence-corrected chi connectivity index (χ1v) is 14.5. The molecule has 0 aliphatic carbocycles. The molecular weight excluding hydrogens is 616 g/mol. The third-order valence-corrected chi connectivity index (χ3v) is 6.98. The van der Waals surface area contributed by atoms with Crippen LogP contribution in [-0.2, 0) is 44.7 Å². The number of aromatic nitrogens is 4. The molecule has 0 unspecified atom stereocenters. The Bertz CT molecular complexity index is 1800. The van der Waals surface area contributed by atoms with Gasteiger partial charge in [-0.05, 0) is 30.3 Å². The molecule has 16 heteroatoms. The molecule has 2 aromatic heterocycles. The van der Waals surface area contributed by atoms with Gasteiger partial charge in [0.25, 0.3) is 6.29 Å². The number of ketones is 1. The highest BCUT2D eigenvalue weighted by Crippen LogP contribution is 2.40. The smallest absolute Gasteiger partial charge is 0.303 e. The van der Waals surface area contributed by atoms with Crippen LogP contribution in [0.15, 0.2) is 71.0 Å². The third-order valence-electron chi connectivity index (χ3n) is 6.98. The van der Waals surface area contributed by atoms with Crippen LogP contribution in [0.4, 0.5) is 11.4 Å². The van der Waals surface area contributed by atoms with Crippen LogP contribution < -0.4 is 4.84 Å². The number of Topliss-reactive ketones (excluding diaryl/α,β-unsaturated/α-hetero) is 1. The molecule has 5 rings (SSSR count). The van der Waals surface area contributed by atoms with E-state index >= 15 is 0 Å². The van der Waals surface area contributed by atoms with E-state index < -0.39 is 48.6 Å².